The maximum atomic E-state index is 11.9. The molecule has 1 atom stereocenters. The number of carbonyl (C=O) groups is 1. The van der Waals surface area contributed by atoms with E-state index in [1.807, 2.05) is 13.8 Å². The number of rotatable bonds is 6. The number of ether oxygens (including phenoxy) is 1. The largest absolute Gasteiger partial charge is 0.497 e. The topological polar surface area (TPSA) is 58.6 Å². The van der Waals surface area contributed by atoms with E-state index in [0.717, 1.165) is 28.9 Å². The van der Waals surface area contributed by atoms with E-state index in [1.165, 1.54) is 0 Å². The SMILES string of the molecule is CC/C(C)=C(/C)C(=O)NCC(O)c1ccc(OC)cc1. The van der Waals surface area contributed by atoms with Crippen molar-refractivity contribution in [3.63, 3.8) is 0 Å². The fourth-order valence-electron chi connectivity index (χ4n) is 1.72. The summed E-state index contributed by atoms with van der Waals surface area (Å²) in [6.45, 7) is 5.94. The smallest absolute Gasteiger partial charge is 0.246 e. The van der Waals surface area contributed by atoms with Gasteiger partial charge in [0.1, 0.15) is 5.75 Å². The number of allylic oxidation sites excluding steroid dienone is 1. The molecule has 0 fully saturated rings. The highest BCUT2D eigenvalue weighted by molar-refractivity contribution is 5.93. The molecule has 1 aromatic carbocycles. The molecule has 0 aliphatic carbocycles. The van der Waals surface area contributed by atoms with Gasteiger partial charge in [0.15, 0.2) is 0 Å². The average Bonchev–Trinajstić information content (AvgIpc) is 2.50. The average molecular weight is 277 g/mol. The van der Waals surface area contributed by atoms with Crippen LogP contribution in [0.1, 0.15) is 38.9 Å². The van der Waals surface area contributed by atoms with Gasteiger partial charge in [0, 0.05) is 12.1 Å². The summed E-state index contributed by atoms with van der Waals surface area (Å²) in [5.74, 6) is 0.610. The number of aliphatic hydroxyl groups is 1. The first-order valence-corrected chi connectivity index (χ1v) is 6.76. The highest BCUT2D eigenvalue weighted by Crippen LogP contribution is 2.17. The Morgan fingerprint density at radius 3 is 2.40 bits per heavy atom. The van der Waals surface area contributed by atoms with Gasteiger partial charge in [0.2, 0.25) is 5.91 Å². The number of carbonyl (C=O) groups excluding carboxylic acids is 1. The minimum atomic E-state index is -0.723. The zero-order chi connectivity index (χ0) is 15.1. The molecule has 0 saturated heterocycles. The summed E-state index contributed by atoms with van der Waals surface area (Å²) < 4.78 is 5.06. The Balaban J connectivity index is 2.58. The fourth-order valence-corrected chi connectivity index (χ4v) is 1.72. The summed E-state index contributed by atoms with van der Waals surface area (Å²) in [4.78, 5) is 11.9. The Morgan fingerprint density at radius 2 is 1.90 bits per heavy atom. The van der Waals surface area contributed by atoms with Gasteiger partial charge in [-0.2, -0.15) is 0 Å². The molecule has 0 aliphatic heterocycles. The summed E-state index contributed by atoms with van der Waals surface area (Å²) in [6.07, 6.45) is 0.125. The van der Waals surface area contributed by atoms with Crippen LogP contribution in [0.25, 0.3) is 0 Å². The molecule has 0 bridgehead atoms. The lowest BCUT2D eigenvalue weighted by molar-refractivity contribution is -0.118. The fraction of sp³-hybridized carbons (Fsp3) is 0.438. The van der Waals surface area contributed by atoms with Crippen LogP contribution < -0.4 is 10.1 Å². The molecule has 1 amide bonds. The molecule has 0 radical (unpaired) electrons. The number of amides is 1. The molecular formula is C16H23NO3. The van der Waals surface area contributed by atoms with Crippen molar-refractivity contribution in [2.24, 2.45) is 0 Å². The molecule has 0 spiro atoms. The summed E-state index contributed by atoms with van der Waals surface area (Å²) in [5, 5.41) is 12.8. The van der Waals surface area contributed by atoms with Crippen LogP contribution in [0.4, 0.5) is 0 Å². The number of hydrogen-bond donors (Lipinski definition) is 2. The van der Waals surface area contributed by atoms with Crippen LogP contribution in [0.3, 0.4) is 0 Å². The third-order valence-corrected chi connectivity index (χ3v) is 3.47. The lowest BCUT2D eigenvalue weighted by atomic mass is 10.1. The van der Waals surface area contributed by atoms with Crippen LogP contribution in [0.15, 0.2) is 35.4 Å². The third kappa shape index (κ3) is 4.38. The zero-order valence-corrected chi connectivity index (χ0v) is 12.6. The number of nitrogens with one attached hydrogen (secondary N) is 1. The van der Waals surface area contributed by atoms with E-state index >= 15 is 0 Å². The predicted molar refractivity (Wildman–Crippen MR) is 79.6 cm³/mol. The second kappa shape index (κ2) is 7.70. The minimum absolute atomic E-state index is 0.128. The van der Waals surface area contributed by atoms with E-state index in [1.54, 1.807) is 38.3 Å². The summed E-state index contributed by atoms with van der Waals surface area (Å²) >= 11 is 0. The van der Waals surface area contributed by atoms with Crippen LogP contribution in [0.2, 0.25) is 0 Å². The van der Waals surface area contributed by atoms with Gasteiger partial charge in [0.05, 0.1) is 13.2 Å². The van der Waals surface area contributed by atoms with Crippen molar-refractivity contribution < 1.29 is 14.6 Å². The highest BCUT2D eigenvalue weighted by atomic mass is 16.5. The van der Waals surface area contributed by atoms with Gasteiger partial charge in [-0.25, -0.2) is 0 Å². The first-order valence-electron chi connectivity index (χ1n) is 6.76. The number of benzene rings is 1. The molecule has 2 N–H and O–H groups in total. The molecule has 0 heterocycles. The van der Waals surface area contributed by atoms with Gasteiger partial charge in [-0.1, -0.05) is 24.6 Å². The quantitative estimate of drug-likeness (QED) is 0.786. The Hall–Kier alpha value is -1.81. The first kappa shape index (κ1) is 16.2. The Morgan fingerprint density at radius 1 is 1.30 bits per heavy atom. The molecule has 0 aromatic heterocycles. The van der Waals surface area contributed by atoms with Crippen molar-refractivity contribution in [1.29, 1.82) is 0 Å². The zero-order valence-electron chi connectivity index (χ0n) is 12.6. The first-order chi connectivity index (χ1) is 9.49. The molecule has 4 nitrogen and oxygen atoms in total. The van der Waals surface area contributed by atoms with Crippen molar-refractivity contribution >= 4 is 5.91 Å². The summed E-state index contributed by atoms with van der Waals surface area (Å²) in [7, 11) is 1.59. The standard InChI is InChI=1S/C16H23NO3/c1-5-11(2)12(3)16(19)17-10-15(18)13-6-8-14(20-4)9-7-13/h6-9,15,18H,5,10H2,1-4H3,(H,17,19)/b12-11-. The predicted octanol–water partition coefficient (Wildman–Crippen LogP) is 2.59. The Bertz CT molecular complexity index is 477. The van der Waals surface area contributed by atoms with Gasteiger partial charge in [-0.3, -0.25) is 4.79 Å². The lowest BCUT2D eigenvalue weighted by Gasteiger charge is -2.13. The van der Waals surface area contributed by atoms with Crippen LogP contribution in [-0.2, 0) is 4.79 Å². The van der Waals surface area contributed by atoms with E-state index in [0.29, 0.717) is 0 Å². The monoisotopic (exact) mass is 277 g/mol. The normalized spacial score (nSPS) is 13.4. The number of hydrogen-bond acceptors (Lipinski definition) is 3. The van der Waals surface area contributed by atoms with E-state index in [-0.39, 0.29) is 12.5 Å². The van der Waals surface area contributed by atoms with Gasteiger partial charge in [-0.15, -0.1) is 0 Å². The van der Waals surface area contributed by atoms with Crippen molar-refractivity contribution in [3.05, 3.63) is 41.0 Å². The van der Waals surface area contributed by atoms with E-state index in [9.17, 15) is 9.90 Å². The molecule has 0 saturated carbocycles. The third-order valence-electron chi connectivity index (χ3n) is 3.47. The minimum Gasteiger partial charge on any atom is -0.497 e. The molecule has 1 rings (SSSR count). The maximum Gasteiger partial charge on any atom is 0.246 e. The van der Waals surface area contributed by atoms with Crippen LogP contribution in [0, 0.1) is 0 Å². The van der Waals surface area contributed by atoms with Crippen molar-refractivity contribution in [2.75, 3.05) is 13.7 Å². The van der Waals surface area contributed by atoms with Gasteiger partial charge in [0.25, 0.3) is 0 Å². The van der Waals surface area contributed by atoms with Crippen LogP contribution in [0.5, 0.6) is 5.75 Å². The van der Waals surface area contributed by atoms with Crippen molar-refractivity contribution in [2.45, 2.75) is 33.3 Å². The van der Waals surface area contributed by atoms with E-state index in [4.69, 9.17) is 4.74 Å². The van der Waals surface area contributed by atoms with Gasteiger partial charge < -0.3 is 15.2 Å². The van der Waals surface area contributed by atoms with Crippen LogP contribution >= 0.6 is 0 Å². The summed E-state index contributed by atoms with van der Waals surface area (Å²) in [5.41, 5.74) is 2.52. The van der Waals surface area contributed by atoms with Crippen LogP contribution in [-0.4, -0.2) is 24.7 Å². The molecule has 1 aromatic rings. The Kier molecular flexibility index (Phi) is 6.25. The second-order valence-electron chi connectivity index (χ2n) is 4.76. The number of aliphatic hydroxyl groups excluding tert-OH is 1. The molecular weight excluding hydrogens is 254 g/mol. The lowest BCUT2D eigenvalue weighted by Crippen LogP contribution is -2.29. The molecule has 0 aliphatic rings. The molecule has 110 valence electrons. The van der Waals surface area contributed by atoms with E-state index < -0.39 is 6.10 Å². The second-order valence-corrected chi connectivity index (χ2v) is 4.76. The molecule has 4 heteroatoms. The highest BCUT2D eigenvalue weighted by Gasteiger charge is 2.11. The van der Waals surface area contributed by atoms with Crippen molar-refractivity contribution in [1.82, 2.24) is 5.32 Å². The van der Waals surface area contributed by atoms with Crippen molar-refractivity contribution in [3.8, 4) is 5.75 Å². The van der Waals surface area contributed by atoms with E-state index in [2.05, 4.69) is 5.32 Å². The van der Waals surface area contributed by atoms with Gasteiger partial charge >= 0.3 is 0 Å². The maximum absolute atomic E-state index is 11.9. The molecule has 20 heavy (non-hydrogen) atoms. The Labute approximate surface area is 120 Å². The molecule has 1 unspecified atom stereocenters. The number of methoxy groups -OCH3 is 1. The van der Waals surface area contributed by atoms with Gasteiger partial charge in [-0.05, 0) is 38.0 Å². The summed E-state index contributed by atoms with van der Waals surface area (Å²) in [6, 6.07) is 7.14.